The van der Waals surface area contributed by atoms with Crippen LogP contribution in [0.25, 0.3) is 22.0 Å². The molecule has 19 heavy (non-hydrogen) atoms. The molecule has 0 unspecified atom stereocenters. The fourth-order valence-corrected chi connectivity index (χ4v) is 2.33. The summed E-state index contributed by atoms with van der Waals surface area (Å²) < 4.78 is 0. The fourth-order valence-electron chi connectivity index (χ4n) is 2.33. The summed E-state index contributed by atoms with van der Waals surface area (Å²) in [5.41, 5.74) is 3.28. The van der Waals surface area contributed by atoms with Crippen LogP contribution in [0.5, 0.6) is 0 Å². The van der Waals surface area contributed by atoms with E-state index in [4.69, 9.17) is 0 Å². The van der Waals surface area contributed by atoms with Crippen LogP contribution in [0.2, 0.25) is 0 Å². The normalized spacial score (nSPS) is 10.6. The van der Waals surface area contributed by atoms with Gasteiger partial charge in [0.25, 0.3) is 0 Å². The molecule has 0 saturated heterocycles. The molecule has 0 radical (unpaired) electrons. The number of fused-ring (bicyclic) bond motifs is 1. The van der Waals surface area contributed by atoms with Gasteiger partial charge in [0.1, 0.15) is 5.69 Å². The molecule has 3 rings (SSSR count). The van der Waals surface area contributed by atoms with Crippen molar-refractivity contribution in [3.63, 3.8) is 0 Å². The number of benzene rings is 2. The second kappa shape index (κ2) is 4.69. The molecular weight excluding hydrogens is 234 g/mol. The van der Waals surface area contributed by atoms with Crippen LogP contribution in [-0.4, -0.2) is 17.2 Å². The van der Waals surface area contributed by atoms with Gasteiger partial charge in [-0.3, -0.25) is 0 Å². The van der Waals surface area contributed by atoms with Gasteiger partial charge in [0, 0.05) is 23.4 Å². The van der Waals surface area contributed by atoms with E-state index >= 15 is 0 Å². The highest BCUT2D eigenvalue weighted by molar-refractivity contribution is 6.00. The van der Waals surface area contributed by atoms with Crippen molar-refractivity contribution in [3.8, 4) is 11.3 Å². The van der Waals surface area contributed by atoms with Crippen LogP contribution in [-0.2, 0) is 0 Å². The number of rotatable bonds is 2. The molecule has 2 aromatic carbocycles. The zero-order chi connectivity index (χ0) is 13.2. The Kier molecular flexibility index (Phi) is 2.88. The van der Waals surface area contributed by atoms with E-state index in [1.54, 1.807) is 0 Å². The molecule has 0 aliphatic rings. The van der Waals surface area contributed by atoms with Crippen LogP contribution >= 0.6 is 0 Å². The van der Waals surface area contributed by atoms with E-state index < -0.39 is 0 Å². The molecule has 3 heteroatoms. The van der Waals surface area contributed by atoms with E-state index in [1.165, 1.54) is 5.56 Å². The van der Waals surface area contributed by atoms with Gasteiger partial charge in [-0.15, -0.1) is 10.2 Å². The highest BCUT2D eigenvalue weighted by Crippen LogP contribution is 2.30. The fraction of sp³-hybridized carbons (Fsp3) is 0.125. The van der Waals surface area contributed by atoms with Crippen LogP contribution in [0, 0.1) is 6.92 Å². The lowest BCUT2D eigenvalue weighted by Crippen LogP contribution is -1.99. The first-order chi connectivity index (χ1) is 9.31. The largest absolute Gasteiger partial charge is 0.371 e. The standard InChI is InChI=1S/C16H15N3/c1-11-7-3-4-8-12(11)15-13-9-5-6-10-14(13)16(17-2)19-18-15/h3-10H,1-2H3,(H,17,19). The molecule has 3 nitrogen and oxygen atoms in total. The lowest BCUT2D eigenvalue weighted by atomic mass is 10.0. The molecule has 3 aromatic rings. The minimum Gasteiger partial charge on any atom is -0.371 e. The third-order valence-electron chi connectivity index (χ3n) is 3.32. The molecule has 1 N–H and O–H groups in total. The Hall–Kier alpha value is -2.42. The van der Waals surface area contributed by atoms with Gasteiger partial charge < -0.3 is 5.32 Å². The molecule has 0 bridgehead atoms. The van der Waals surface area contributed by atoms with Gasteiger partial charge in [0.05, 0.1) is 0 Å². The summed E-state index contributed by atoms with van der Waals surface area (Å²) in [5.74, 6) is 0.813. The maximum atomic E-state index is 4.40. The second-order valence-electron chi connectivity index (χ2n) is 4.51. The SMILES string of the molecule is CNc1nnc(-c2ccccc2C)c2ccccc12. The lowest BCUT2D eigenvalue weighted by molar-refractivity contribution is 1.05. The van der Waals surface area contributed by atoms with Crippen molar-refractivity contribution in [3.05, 3.63) is 54.1 Å². The molecule has 1 aromatic heterocycles. The van der Waals surface area contributed by atoms with Gasteiger partial charge >= 0.3 is 0 Å². The number of hydrogen-bond acceptors (Lipinski definition) is 3. The quantitative estimate of drug-likeness (QED) is 0.753. The van der Waals surface area contributed by atoms with Crippen molar-refractivity contribution in [2.45, 2.75) is 6.92 Å². The van der Waals surface area contributed by atoms with E-state index in [-0.39, 0.29) is 0 Å². The second-order valence-corrected chi connectivity index (χ2v) is 4.51. The van der Waals surface area contributed by atoms with Gasteiger partial charge in [-0.2, -0.15) is 0 Å². The average Bonchev–Trinajstić information content (AvgIpc) is 2.47. The Morgan fingerprint density at radius 2 is 1.53 bits per heavy atom. The Labute approximate surface area is 112 Å². The first-order valence-electron chi connectivity index (χ1n) is 6.30. The Morgan fingerprint density at radius 1 is 0.842 bits per heavy atom. The summed E-state index contributed by atoms with van der Waals surface area (Å²) in [7, 11) is 1.86. The molecule has 0 saturated carbocycles. The Balaban J connectivity index is 2.35. The highest BCUT2D eigenvalue weighted by atomic mass is 15.2. The molecule has 0 amide bonds. The van der Waals surface area contributed by atoms with E-state index in [0.717, 1.165) is 27.8 Å². The topological polar surface area (TPSA) is 37.8 Å². The van der Waals surface area contributed by atoms with Gasteiger partial charge in [-0.25, -0.2) is 0 Å². The number of aryl methyl sites for hydroxylation is 1. The molecule has 1 heterocycles. The van der Waals surface area contributed by atoms with Crippen LogP contribution in [0.15, 0.2) is 48.5 Å². The van der Waals surface area contributed by atoms with E-state index in [0.29, 0.717) is 0 Å². The zero-order valence-electron chi connectivity index (χ0n) is 11.0. The van der Waals surface area contributed by atoms with Crippen LogP contribution in [0.1, 0.15) is 5.56 Å². The van der Waals surface area contributed by atoms with Crippen LogP contribution in [0.4, 0.5) is 5.82 Å². The molecule has 0 aliphatic heterocycles. The average molecular weight is 249 g/mol. The smallest absolute Gasteiger partial charge is 0.156 e. The first kappa shape index (κ1) is 11.7. The van der Waals surface area contributed by atoms with Crippen molar-refractivity contribution in [2.24, 2.45) is 0 Å². The number of nitrogens with zero attached hydrogens (tertiary/aromatic N) is 2. The number of nitrogens with one attached hydrogen (secondary N) is 1. The summed E-state index contributed by atoms with van der Waals surface area (Å²) >= 11 is 0. The van der Waals surface area contributed by atoms with E-state index in [1.807, 2.05) is 31.3 Å². The lowest BCUT2D eigenvalue weighted by Gasteiger charge is -2.10. The highest BCUT2D eigenvalue weighted by Gasteiger charge is 2.10. The van der Waals surface area contributed by atoms with Crippen LogP contribution < -0.4 is 5.32 Å². The molecule has 0 aliphatic carbocycles. The third-order valence-corrected chi connectivity index (χ3v) is 3.32. The number of anilines is 1. The van der Waals surface area contributed by atoms with Gasteiger partial charge in [-0.1, -0.05) is 48.5 Å². The summed E-state index contributed by atoms with van der Waals surface area (Å²) in [4.78, 5) is 0. The number of hydrogen-bond donors (Lipinski definition) is 1. The predicted octanol–water partition coefficient (Wildman–Crippen LogP) is 3.65. The molecule has 0 spiro atoms. The Bertz CT molecular complexity index is 735. The van der Waals surface area contributed by atoms with Crippen LogP contribution in [0.3, 0.4) is 0 Å². The van der Waals surface area contributed by atoms with Gasteiger partial charge in [0.15, 0.2) is 5.82 Å². The molecule has 94 valence electrons. The summed E-state index contributed by atoms with van der Waals surface area (Å²) in [6, 6.07) is 16.5. The zero-order valence-corrected chi connectivity index (χ0v) is 11.0. The monoisotopic (exact) mass is 249 g/mol. The van der Waals surface area contributed by atoms with Crippen molar-refractivity contribution in [1.82, 2.24) is 10.2 Å². The summed E-state index contributed by atoms with van der Waals surface area (Å²) in [5, 5.41) is 14.0. The number of aromatic nitrogens is 2. The van der Waals surface area contributed by atoms with E-state index in [9.17, 15) is 0 Å². The van der Waals surface area contributed by atoms with E-state index in [2.05, 4.69) is 46.7 Å². The van der Waals surface area contributed by atoms with Gasteiger partial charge in [0.2, 0.25) is 0 Å². The van der Waals surface area contributed by atoms with Crippen molar-refractivity contribution >= 4 is 16.6 Å². The maximum Gasteiger partial charge on any atom is 0.156 e. The van der Waals surface area contributed by atoms with Crippen molar-refractivity contribution in [1.29, 1.82) is 0 Å². The molecular formula is C16H15N3. The van der Waals surface area contributed by atoms with Gasteiger partial charge in [-0.05, 0) is 12.5 Å². The minimum atomic E-state index is 0.813. The maximum absolute atomic E-state index is 4.40. The molecule has 0 atom stereocenters. The predicted molar refractivity (Wildman–Crippen MR) is 79.3 cm³/mol. The van der Waals surface area contributed by atoms with Crippen molar-refractivity contribution in [2.75, 3.05) is 12.4 Å². The minimum absolute atomic E-state index is 0.813. The van der Waals surface area contributed by atoms with Crippen molar-refractivity contribution < 1.29 is 0 Å². The third kappa shape index (κ3) is 1.93. The summed E-state index contributed by atoms with van der Waals surface area (Å²) in [6.45, 7) is 2.10. The first-order valence-corrected chi connectivity index (χ1v) is 6.30. The molecule has 0 fully saturated rings. The Morgan fingerprint density at radius 3 is 2.26 bits per heavy atom. The summed E-state index contributed by atoms with van der Waals surface area (Å²) in [6.07, 6.45) is 0.